The normalized spacial score (nSPS) is 15.8. The van der Waals surface area contributed by atoms with Gasteiger partial charge in [-0.2, -0.15) is 0 Å². The third-order valence-electron chi connectivity index (χ3n) is 3.06. The molecule has 0 unspecified atom stereocenters. The smallest absolute Gasteiger partial charge is 0.249 e. The van der Waals surface area contributed by atoms with Crippen molar-refractivity contribution in [2.24, 2.45) is 5.73 Å². The Morgan fingerprint density at radius 1 is 1.47 bits per heavy atom. The van der Waals surface area contributed by atoms with Crippen LogP contribution in [0.5, 0.6) is 5.75 Å². The van der Waals surface area contributed by atoms with Gasteiger partial charge in [-0.15, -0.1) is 0 Å². The Labute approximate surface area is 89.2 Å². The van der Waals surface area contributed by atoms with Crippen LogP contribution in [0.25, 0.3) is 0 Å². The van der Waals surface area contributed by atoms with Crippen LogP contribution in [0, 0.1) is 0 Å². The van der Waals surface area contributed by atoms with Crippen molar-refractivity contribution in [3.63, 3.8) is 0 Å². The lowest BCUT2D eigenvalue weighted by molar-refractivity contribution is 0.0997. The van der Waals surface area contributed by atoms with E-state index in [4.69, 9.17) is 10.5 Å². The summed E-state index contributed by atoms with van der Waals surface area (Å²) in [6.45, 7) is 0. The van der Waals surface area contributed by atoms with Crippen molar-refractivity contribution in [1.82, 2.24) is 0 Å². The van der Waals surface area contributed by atoms with E-state index in [0.29, 0.717) is 11.5 Å². The number of hydrogen-bond donors (Lipinski definition) is 1. The summed E-state index contributed by atoms with van der Waals surface area (Å²) in [5, 5.41) is 0. The second kappa shape index (κ2) is 3.93. The number of ether oxygens (including phenoxy) is 1. The number of carbonyl (C=O) groups is 1. The van der Waals surface area contributed by atoms with Crippen molar-refractivity contribution >= 4 is 5.91 Å². The Kier molecular flexibility index (Phi) is 2.62. The largest absolute Gasteiger partial charge is 0.496 e. The van der Waals surface area contributed by atoms with Gasteiger partial charge in [-0.3, -0.25) is 4.79 Å². The lowest BCUT2D eigenvalue weighted by Gasteiger charge is -2.28. The highest BCUT2D eigenvalue weighted by Gasteiger charge is 2.26. The molecule has 1 aliphatic rings. The zero-order chi connectivity index (χ0) is 10.8. The van der Waals surface area contributed by atoms with Gasteiger partial charge in [0.2, 0.25) is 5.91 Å². The zero-order valence-electron chi connectivity index (χ0n) is 8.82. The molecule has 1 aliphatic carbocycles. The first kappa shape index (κ1) is 10.0. The van der Waals surface area contributed by atoms with Gasteiger partial charge in [0.15, 0.2) is 0 Å². The highest BCUT2D eigenvalue weighted by molar-refractivity contribution is 5.95. The molecule has 2 N–H and O–H groups in total. The van der Waals surface area contributed by atoms with Crippen LogP contribution in [0.3, 0.4) is 0 Å². The molecule has 80 valence electrons. The van der Waals surface area contributed by atoms with E-state index >= 15 is 0 Å². The summed E-state index contributed by atoms with van der Waals surface area (Å²) >= 11 is 0. The van der Waals surface area contributed by atoms with Gasteiger partial charge in [-0.05, 0) is 30.9 Å². The second-order valence-electron chi connectivity index (χ2n) is 3.91. The Hall–Kier alpha value is -1.51. The van der Waals surface area contributed by atoms with Crippen molar-refractivity contribution in [3.8, 4) is 5.75 Å². The van der Waals surface area contributed by atoms with Gasteiger partial charge < -0.3 is 10.5 Å². The van der Waals surface area contributed by atoms with E-state index in [1.165, 1.54) is 6.42 Å². The van der Waals surface area contributed by atoms with Crippen LogP contribution in [-0.2, 0) is 0 Å². The average molecular weight is 205 g/mol. The predicted octanol–water partition coefficient (Wildman–Crippen LogP) is 2.06. The summed E-state index contributed by atoms with van der Waals surface area (Å²) in [6.07, 6.45) is 3.47. The molecular formula is C12H15NO2. The van der Waals surface area contributed by atoms with Gasteiger partial charge in [0, 0.05) is 11.1 Å². The summed E-state index contributed by atoms with van der Waals surface area (Å²) < 4.78 is 5.29. The maximum absolute atomic E-state index is 11.3. The SMILES string of the molecule is COc1cccc(C(N)=O)c1C1CCC1. The van der Waals surface area contributed by atoms with Crippen LogP contribution in [0.1, 0.15) is 41.1 Å². The number of rotatable bonds is 3. The average Bonchev–Trinajstić information content (AvgIpc) is 2.15. The summed E-state index contributed by atoms with van der Waals surface area (Å²) in [5.41, 5.74) is 6.97. The second-order valence-corrected chi connectivity index (χ2v) is 3.91. The summed E-state index contributed by atoms with van der Waals surface area (Å²) in [4.78, 5) is 11.3. The predicted molar refractivity (Wildman–Crippen MR) is 58.1 cm³/mol. The van der Waals surface area contributed by atoms with E-state index < -0.39 is 0 Å². The standard InChI is InChI=1S/C12H15NO2/c1-15-10-7-3-6-9(12(13)14)11(10)8-4-2-5-8/h3,6-8H,2,4-5H2,1H3,(H2,13,14). The molecule has 1 aromatic rings. The van der Waals surface area contributed by atoms with Crippen LogP contribution in [0.4, 0.5) is 0 Å². The van der Waals surface area contributed by atoms with E-state index in [1.807, 2.05) is 6.07 Å². The number of hydrogen-bond acceptors (Lipinski definition) is 2. The first-order chi connectivity index (χ1) is 7.24. The van der Waals surface area contributed by atoms with Gasteiger partial charge in [-0.1, -0.05) is 12.5 Å². The summed E-state index contributed by atoms with van der Waals surface area (Å²) in [5.74, 6) is 0.871. The lowest BCUT2D eigenvalue weighted by Crippen LogP contribution is -2.19. The van der Waals surface area contributed by atoms with Crippen LogP contribution < -0.4 is 10.5 Å². The maximum Gasteiger partial charge on any atom is 0.249 e. The molecule has 0 aliphatic heterocycles. The number of methoxy groups -OCH3 is 1. The molecule has 15 heavy (non-hydrogen) atoms. The Bertz CT molecular complexity index is 383. The van der Waals surface area contributed by atoms with E-state index in [-0.39, 0.29) is 5.91 Å². The quantitative estimate of drug-likeness (QED) is 0.821. The van der Waals surface area contributed by atoms with Crippen LogP contribution in [-0.4, -0.2) is 13.0 Å². The number of carbonyl (C=O) groups excluding carboxylic acids is 1. The van der Waals surface area contributed by atoms with E-state index in [9.17, 15) is 4.79 Å². The molecular weight excluding hydrogens is 190 g/mol. The summed E-state index contributed by atoms with van der Waals surface area (Å²) in [7, 11) is 1.63. The van der Waals surface area contributed by atoms with Crippen molar-refractivity contribution in [2.75, 3.05) is 7.11 Å². The van der Waals surface area contributed by atoms with Crippen molar-refractivity contribution < 1.29 is 9.53 Å². The van der Waals surface area contributed by atoms with E-state index in [0.717, 1.165) is 24.2 Å². The fraction of sp³-hybridized carbons (Fsp3) is 0.417. The third kappa shape index (κ3) is 1.69. The lowest BCUT2D eigenvalue weighted by atomic mass is 9.77. The maximum atomic E-state index is 11.3. The third-order valence-corrected chi connectivity index (χ3v) is 3.06. The molecule has 0 radical (unpaired) electrons. The highest BCUT2D eigenvalue weighted by atomic mass is 16.5. The minimum Gasteiger partial charge on any atom is -0.496 e. The Balaban J connectivity index is 2.48. The molecule has 3 heteroatoms. The Morgan fingerprint density at radius 2 is 2.20 bits per heavy atom. The van der Waals surface area contributed by atoms with Crippen molar-refractivity contribution in [3.05, 3.63) is 29.3 Å². The number of benzene rings is 1. The molecule has 1 amide bonds. The Morgan fingerprint density at radius 3 is 2.67 bits per heavy atom. The molecule has 1 aromatic carbocycles. The summed E-state index contributed by atoms with van der Waals surface area (Å²) in [6, 6.07) is 5.47. The molecule has 0 spiro atoms. The minimum absolute atomic E-state index is 0.365. The van der Waals surface area contributed by atoms with Gasteiger partial charge in [-0.25, -0.2) is 0 Å². The van der Waals surface area contributed by atoms with Crippen LogP contribution in [0.15, 0.2) is 18.2 Å². The van der Waals surface area contributed by atoms with Gasteiger partial charge >= 0.3 is 0 Å². The van der Waals surface area contributed by atoms with Crippen LogP contribution >= 0.6 is 0 Å². The molecule has 0 atom stereocenters. The number of amides is 1. The molecule has 0 saturated heterocycles. The molecule has 3 nitrogen and oxygen atoms in total. The zero-order valence-corrected chi connectivity index (χ0v) is 8.82. The molecule has 2 rings (SSSR count). The molecule has 0 aromatic heterocycles. The fourth-order valence-electron chi connectivity index (χ4n) is 2.05. The number of nitrogens with two attached hydrogens (primary N) is 1. The fourth-order valence-corrected chi connectivity index (χ4v) is 2.05. The first-order valence-electron chi connectivity index (χ1n) is 5.20. The van der Waals surface area contributed by atoms with Crippen molar-refractivity contribution in [2.45, 2.75) is 25.2 Å². The topological polar surface area (TPSA) is 52.3 Å². The van der Waals surface area contributed by atoms with Crippen molar-refractivity contribution in [1.29, 1.82) is 0 Å². The highest BCUT2D eigenvalue weighted by Crippen LogP contribution is 2.42. The van der Waals surface area contributed by atoms with Gasteiger partial charge in [0.05, 0.1) is 7.11 Å². The minimum atomic E-state index is -0.365. The monoisotopic (exact) mass is 205 g/mol. The van der Waals surface area contributed by atoms with Crippen LogP contribution in [0.2, 0.25) is 0 Å². The molecule has 0 heterocycles. The number of primary amides is 1. The van der Waals surface area contributed by atoms with E-state index in [1.54, 1.807) is 19.2 Å². The molecule has 0 bridgehead atoms. The van der Waals surface area contributed by atoms with E-state index in [2.05, 4.69) is 0 Å². The van der Waals surface area contributed by atoms with Gasteiger partial charge in [0.25, 0.3) is 0 Å². The molecule has 1 fully saturated rings. The molecule has 1 saturated carbocycles. The van der Waals surface area contributed by atoms with Gasteiger partial charge in [0.1, 0.15) is 5.75 Å². The first-order valence-corrected chi connectivity index (χ1v) is 5.20.